The number of rotatable bonds is 3. The summed E-state index contributed by atoms with van der Waals surface area (Å²) in [6, 6.07) is 5.23. The fraction of sp³-hybridized carbons (Fsp3) is 0.500. The second-order valence-corrected chi connectivity index (χ2v) is 5.17. The lowest BCUT2D eigenvalue weighted by molar-refractivity contribution is -0.143. The minimum absolute atomic E-state index is 0.225. The van der Waals surface area contributed by atoms with E-state index < -0.39 is 18.1 Å². The highest BCUT2D eigenvalue weighted by molar-refractivity contribution is 5.94. The quantitative estimate of drug-likeness (QED) is 0.896. The highest BCUT2D eigenvalue weighted by atomic mass is 19.4. The molecule has 1 unspecified atom stereocenters. The number of amidine groups is 1. The van der Waals surface area contributed by atoms with E-state index in [1.54, 1.807) is 19.1 Å². The molecule has 2 rings (SSSR count). The van der Waals surface area contributed by atoms with Crippen molar-refractivity contribution in [3.8, 4) is 0 Å². The van der Waals surface area contributed by atoms with Gasteiger partial charge in [-0.15, -0.1) is 0 Å². The number of nitrogens with one attached hydrogen (secondary N) is 1. The summed E-state index contributed by atoms with van der Waals surface area (Å²) in [6.45, 7) is 4.63. The summed E-state index contributed by atoms with van der Waals surface area (Å²) in [5, 5.41) is 2.89. The van der Waals surface area contributed by atoms with Crippen molar-refractivity contribution in [1.82, 2.24) is 5.32 Å². The first kappa shape index (κ1) is 14.8. The van der Waals surface area contributed by atoms with Gasteiger partial charge in [-0.3, -0.25) is 4.99 Å². The van der Waals surface area contributed by atoms with Gasteiger partial charge in [-0.25, -0.2) is 0 Å². The van der Waals surface area contributed by atoms with Gasteiger partial charge >= 0.3 is 6.18 Å². The van der Waals surface area contributed by atoms with Gasteiger partial charge in [-0.05, 0) is 30.5 Å². The van der Waals surface area contributed by atoms with Gasteiger partial charge in [0.25, 0.3) is 0 Å². The molecule has 3 nitrogen and oxygen atoms in total. The Balaban J connectivity index is 2.54. The summed E-state index contributed by atoms with van der Waals surface area (Å²) in [5.74, 6) is 0.225. The standard InChI is InChI=1S/C14H18F3N3/c1-9-4-3-5-11(10(9)2)13(18,8-14(15,16)17)12-19-6-7-20-12/h3-5H,6-8,18H2,1-2H3,(H,19,20). The van der Waals surface area contributed by atoms with Crippen molar-refractivity contribution in [2.45, 2.75) is 32.0 Å². The van der Waals surface area contributed by atoms with Crippen LogP contribution >= 0.6 is 0 Å². The summed E-state index contributed by atoms with van der Waals surface area (Å²) in [5.41, 5.74) is 6.68. The number of alkyl halides is 3. The van der Waals surface area contributed by atoms with Crippen LogP contribution in [0, 0.1) is 13.8 Å². The Labute approximate surface area is 116 Å². The number of halogens is 3. The van der Waals surface area contributed by atoms with Crippen LogP contribution in [0.5, 0.6) is 0 Å². The molecule has 1 aromatic carbocycles. The molecule has 0 aliphatic carbocycles. The lowest BCUT2D eigenvalue weighted by atomic mass is 9.82. The Hall–Kier alpha value is -1.56. The highest BCUT2D eigenvalue weighted by Crippen LogP contribution is 2.36. The smallest absolute Gasteiger partial charge is 0.370 e. The summed E-state index contributed by atoms with van der Waals surface area (Å²) in [7, 11) is 0. The van der Waals surface area contributed by atoms with Gasteiger partial charge in [0.15, 0.2) is 0 Å². The molecule has 110 valence electrons. The van der Waals surface area contributed by atoms with Crippen LogP contribution in [0.4, 0.5) is 13.2 Å². The van der Waals surface area contributed by atoms with Crippen molar-refractivity contribution in [1.29, 1.82) is 0 Å². The zero-order valence-corrected chi connectivity index (χ0v) is 11.5. The predicted molar refractivity (Wildman–Crippen MR) is 72.8 cm³/mol. The minimum Gasteiger partial charge on any atom is -0.370 e. The number of benzene rings is 1. The molecule has 1 atom stereocenters. The van der Waals surface area contributed by atoms with Gasteiger partial charge in [0.05, 0.1) is 13.0 Å². The molecule has 1 aliphatic heterocycles. The molecule has 20 heavy (non-hydrogen) atoms. The average molecular weight is 285 g/mol. The zero-order valence-electron chi connectivity index (χ0n) is 11.5. The molecule has 0 spiro atoms. The van der Waals surface area contributed by atoms with E-state index in [9.17, 15) is 13.2 Å². The molecular formula is C14H18F3N3. The summed E-state index contributed by atoms with van der Waals surface area (Å²) < 4.78 is 38.9. The highest BCUT2D eigenvalue weighted by Gasteiger charge is 2.46. The second kappa shape index (κ2) is 5.09. The molecule has 0 fully saturated rings. The molecule has 1 aliphatic rings. The van der Waals surface area contributed by atoms with Gasteiger partial charge < -0.3 is 11.1 Å². The lowest BCUT2D eigenvalue weighted by Crippen LogP contribution is -2.52. The van der Waals surface area contributed by atoms with Gasteiger partial charge in [0.1, 0.15) is 11.4 Å². The third-order valence-electron chi connectivity index (χ3n) is 3.66. The SMILES string of the molecule is Cc1cccc(C(N)(CC(F)(F)F)C2=NCCN2)c1C. The molecule has 0 aromatic heterocycles. The summed E-state index contributed by atoms with van der Waals surface area (Å²) in [6.07, 6.45) is -5.49. The third kappa shape index (κ3) is 2.80. The van der Waals surface area contributed by atoms with Gasteiger partial charge in [-0.2, -0.15) is 13.2 Å². The Morgan fingerprint density at radius 2 is 2.00 bits per heavy atom. The molecule has 0 radical (unpaired) electrons. The number of aliphatic imine (C=N–C) groups is 1. The first-order chi connectivity index (χ1) is 9.24. The number of aryl methyl sites for hydroxylation is 1. The first-order valence-corrected chi connectivity index (χ1v) is 6.45. The predicted octanol–water partition coefficient (Wildman–Crippen LogP) is 2.41. The first-order valence-electron chi connectivity index (χ1n) is 6.45. The van der Waals surface area contributed by atoms with Crippen LogP contribution in [-0.4, -0.2) is 25.1 Å². The van der Waals surface area contributed by atoms with E-state index in [0.717, 1.165) is 11.1 Å². The van der Waals surface area contributed by atoms with Crippen LogP contribution in [-0.2, 0) is 5.54 Å². The van der Waals surface area contributed by atoms with Crippen LogP contribution in [0.2, 0.25) is 0 Å². The van der Waals surface area contributed by atoms with Crippen molar-refractivity contribution in [3.05, 3.63) is 34.9 Å². The monoisotopic (exact) mass is 285 g/mol. The van der Waals surface area contributed by atoms with E-state index in [1.165, 1.54) is 0 Å². The topological polar surface area (TPSA) is 50.4 Å². The fourth-order valence-electron chi connectivity index (χ4n) is 2.55. The van der Waals surface area contributed by atoms with Crippen molar-refractivity contribution in [2.75, 3.05) is 13.1 Å². The van der Waals surface area contributed by atoms with E-state index in [-0.39, 0.29) is 5.84 Å². The van der Waals surface area contributed by atoms with Gasteiger partial charge in [0, 0.05) is 6.54 Å². The van der Waals surface area contributed by atoms with E-state index in [2.05, 4.69) is 10.3 Å². The van der Waals surface area contributed by atoms with Gasteiger partial charge in [0.2, 0.25) is 0 Å². The number of hydrogen-bond acceptors (Lipinski definition) is 3. The van der Waals surface area contributed by atoms with E-state index in [1.807, 2.05) is 13.0 Å². The van der Waals surface area contributed by atoms with Crippen LogP contribution < -0.4 is 11.1 Å². The molecule has 6 heteroatoms. The van der Waals surface area contributed by atoms with Crippen molar-refractivity contribution < 1.29 is 13.2 Å². The van der Waals surface area contributed by atoms with E-state index in [4.69, 9.17) is 5.73 Å². The Bertz CT molecular complexity index is 537. The van der Waals surface area contributed by atoms with E-state index >= 15 is 0 Å². The maximum atomic E-state index is 13.0. The molecule has 0 bridgehead atoms. The minimum atomic E-state index is -4.36. The maximum Gasteiger partial charge on any atom is 0.391 e. The molecule has 1 heterocycles. The van der Waals surface area contributed by atoms with Crippen molar-refractivity contribution >= 4 is 5.84 Å². The van der Waals surface area contributed by atoms with Crippen molar-refractivity contribution in [2.24, 2.45) is 10.7 Å². The lowest BCUT2D eigenvalue weighted by Gasteiger charge is -2.33. The Kier molecular flexibility index (Phi) is 3.77. The molecule has 0 saturated carbocycles. The summed E-state index contributed by atoms with van der Waals surface area (Å²) in [4.78, 5) is 4.12. The second-order valence-electron chi connectivity index (χ2n) is 5.17. The zero-order chi connectivity index (χ0) is 15.0. The molecule has 3 N–H and O–H groups in total. The number of nitrogens with zero attached hydrogens (tertiary/aromatic N) is 1. The van der Waals surface area contributed by atoms with Crippen LogP contribution in [0.15, 0.2) is 23.2 Å². The molecule has 0 amide bonds. The van der Waals surface area contributed by atoms with Crippen LogP contribution in [0.25, 0.3) is 0 Å². The maximum absolute atomic E-state index is 13.0. The van der Waals surface area contributed by atoms with Gasteiger partial charge in [-0.1, -0.05) is 18.2 Å². The third-order valence-corrected chi connectivity index (χ3v) is 3.66. The average Bonchev–Trinajstić information content (AvgIpc) is 2.84. The van der Waals surface area contributed by atoms with Crippen LogP contribution in [0.3, 0.4) is 0 Å². The largest absolute Gasteiger partial charge is 0.391 e. The number of nitrogens with two attached hydrogens (primary N) is 1. The normalized spacial score (nSPS) is 18.4. The van der Waals surface area contributed by atoms with Crippen molar-refractivity contribution in [3.63, 3.8) is 0 Å². The Morgan fingerprint density at radius 3 is 2.55 bits per heavy atom. The summed E-state index contributed by atoms with van der Waals surface area (Å²) >= 11 is 0. The number of hydrogen-bond donors (Lipinski definition) is 2. The fourth-order valence-corrected chi connectivity index (χ4v) is 2.55. The molecule has 1 aromatic rings. The van der Waals surface area contributed by atoms with E-state index in [0.29, 0.717) is 18.7 Å². The molecular weight excluding hydrogens is 267 g/mol. The Morgan fingerprint density at radius 1 is 1.30 bits per heavy atom. The van der Waals surface area contributed by atoms with Crippen LogP contribution in [0.1, 0.15) is 23.1 Å². The molecule has 0 saturated heterocycles.